The van der Waals surface area contributed by atoms with Crippen molar-refractivity contribution >= 4 is 11.3 Å². The van der Waals surface area contributed by atoms with Crippen LogP contribution in [0.25, 0.3) is 5.57 Å². The average molecular weight is 290 g/mol. The maximum Gasteiger partial charge on any atom is 0.0390 e. The molecule has 2 aliphatic heterocycles. The van der Waals surface area contributed by atoms with Gasteiger partial charge in [-0.2, -0.15) is 0 Å². The van der Waals surface area contributed by atoms with Gasteiger partial charge in [0, 0.05) is 29.9 Å². The van der Waals surface area contributed by atoms with Gasteiger partial charge in [-0.25, -0.2) is 0 Å². The van der Waals surface area contributed by atoms with E-state index in [1.54, 1.807) is 0 Å². The molecule has 0 aliphatic carbocycles. The first-order valence-corrected chi connectivity index (χ1v) is 8.16. The minimum Gasteiger partial charge on any atom is -0.398 e. The van der Waals surface area contributed by atoms with Crippen LogP contribution < -0.4 is 5.73 Å². The lowest BCUT2D eigenvalue weighted by Crippen LogP contribution is -2.37. The van der Waals surface area contributed by atoms with Crippen LogP contribution in [0.2, 0.25) is 0 Å². The van der Waals surface area contributed by atoms with E-state index >= 15 is 0 Å². The van der Waals surface area contributed by atoms with Crippen LogP contribution in [0.5, 0.6) is 0 Å². The van der Waals surface area contributed by atoms with E-state index in [0.717, 1.165) is 18.7 Å². The Bertz CT molecular complexity index is 690. The number of anilines is 1. The SMILES string of the molecule is Nc1ccccc1C1=CC2CCC(C1)N2Cc1ccccc1. The molecule has 112 valence electrons. The summed E-state index contributed by atoms with van der Waals surface area (Å²) in [5.41, 5.74) is 11.2. The zero-order chi connectivity index (χ0) is 14.9. The third-order valence-corrected chi connectivity index (χ3v) is 5.05. The van der Waals surface area contributed by atoms with Crippen molar-refractivity contribution in [3.05, 3.63) is 71.8 Å². The maximum atomic E-state index is 6.17. The highest BCUT2D eigenvalue weighted by Crippen LogP contribution is 2.40. The Labute approximate surface area is 132 Å². The number of hydrogen-bond donors (Lipinski definition) is 1. The standard InChI is InChI=1S/C20H22N2/c21-20-9-5-4-8-19(20)16-12-17-10-11-18(13-16)22(17)14-15-6-2-1-3-7-15/h1-9,12,17-18H,10-11,13-14,21H2. The lowest BCUT2D eigenvalue weighted by Gasteiger charge is -2.34. The molecule has 2 aromatic rings. The van der Waals surface area contributed by atoms with Crippen LogP contribution in [0, 0.1) is 0 Å². The predicted octanol–water partition coefficient (Wildman–Crippen LogP) is 4.09. The van der Waals surface area contributed by atoms with Crippen LogP contribution in [0.1, 0.15) is 30.4 Å². The number of nitrogens with two attached hydrogens (primary N) is 1. The average Bonchev–Trinajstić information content (AvgIpc) is 2.78. The zero-order valence-electron chi connectivity index (χ0n) is 12.8. The molecule has 0 aromatic heterocycles. The fraction of sp³-hybridized carbons (Fsp3) is 0.300. The van der Waals surface area contributed by atoms with E-state index < -0.39 is 0 Å². The predicted molar refractivity (Wildman–Crippen MR) is 92.2 cm³/mol. The summed E-state index contributed by atoms with van der Waals surface area (Å²) >= 11 is 0. The van der Waals surface area contributed by atoms with Gasteiger partial charge in [-0.05, 0) is 36.5 Å². The summed E-state index contributed by atoms with van der Waals surface area (Å²) < 4.78 is 0. The van der Waals surface area contributed by atoms with Crippen LogP contribution in [-0.4, -0.2) is 17.0 Å². The van der Waals surface area contributed by atoms with Crippen LogP contribution in [-0.2, 0) is 6.54 Å². The smallest absolute Gasteiger partial charge is 0.0390 e. The van der Waals surface area contributed by atoms with Gasteiger partial charge in [0.25, 0.3) is 0 Å². The fourth-order valence-corrected chi connectivity index (χ4v) is 3.95. The number of para-hydroxylation sites is 1. The summed E-state index contributed by atoms with van der Waals surface area (Å²) in [4.78, 5) is 2.66. The second-order valence-corrected chi connectivity index (χ2v) is 6.44. The van der Waals surface area contributed by atoms with Crippen LogP contribution in [0.15, 0.2) is 60.7 Å². The molecule has 2 unspecified atom stereocenters. The fourth-order valence-electron chi connectivity index (χ4n) is 3.95. The summed E-state index contributed by atoms with van der Waals surface area (Å²) in [6, 6.07) is 20.3. The summed E-state index contributed by atoms with van der Waals surface area (Å²) in [6.45, 7) is 1.06. The van der Waals surface area contributed by atoms with Gasteiger partial charge in [0.1, 0.15) is 0 Å². The molecule has 1 fully saturated rings. The Kier molecular flexibility index (Phi) is 3.47. The number of nitrogens with zero attached hydrogens (tertiary/aromatic N) is 1. The van der Waals surface area contributed by atoms with Gasteiger partial charge in [-0.15, -0.1) is 0 Å². The van der Waals surface area contributed by atoms with Gasteiger partial charge >= 0.3 is 0 Å². The highest BCUT2D eigenvalue weighted by Gasteiger charge is 2.36. The van der Waals surface area contributed by atoms with Crippen molar-refractivity contribution in [2.45, 2.75) is 37.9 Å². The quantitative estimate of drug-likeness (QED) is 0.863. The number of hydrogen-bond acceptors (Lipinski definition) is 2. The Morgan fingerprint density at radius 2 is 1.73 bits per heavy atom. The van der Waals surface area contributed by atoms with Gasteiger partial charge in [-0.1, -0.05) is 54.6 Å². The summed E-state index contributed by atoms with van der Waals surface area (Å²) in [5.74, 6) is 0. The van der Waals surface area contributed by atoms with Gasteiger partial charge in [-0.3, -0.25) is 4.90 Å². The molecule has 2 aliphatic rings. The van der Waals surface area contributed by atoms with Gasteiger partial charge in [0.2, 0.25) is 0 Å². The van der Waals surface area contributed by atoms with Crippen LogP contribution >= 0.6 is 0 Å². The molecule has 0 spiro atoms. The molecule has 2 aromatic carbocycles. The zero-order valence-corrected chi connectivity index (χ0v) is 12.8. The molecule has 2 nitrogen and oxygen atoms in total. The van der Waals surface area contributed by atoms with E-state index in [1.807, 2.05) is 12.1 Å². The molecule has 4 rings (SSSR count). The van der Waals surface area contributed by atoms with Crippen LogP contribution in [0.3, 0.4) is 0 Å². The van der Waals surface area contributed by atoms with E-state index in [9.17, 15) is 0 Å². The molecule has 0 amide bonds. The summed E-state index contributed by atoms with van der Waals surface area (Å²) in [6.07, 6.45) is 6.15. The highest BCUT2D eigenvalue weighted by atomic mass is 15.2. The van der Waals surface area contributed by atoms with Crippen molar-refractivity contribution in [1.29, 1.82) is 0 Å². The number of fused-ring (bicyclic) bond motifs is 2. The first-order chi connectivity index (χ1) is 10.8. The van der Waals surface area contributed by atoms with Crippen molar-refractivity contribution in [2.24, 2.45) is 0 Å². The second kappa shape index (κ2) is 5.62. The van der Waals surface area contributed by atoms with E-state index in [2.05, 4.69) is 53.4 Å². The molecule has 2 atom stereocenters. The normalized spacial score (nSPS) is 24.3. The molecule has 2 bridgehead atoms. The van der Waals surface area contributed by atoms with Crippen molar-refractivity contribution in [1.82, 2.24) is 4.90 Å². The Morgan fingerprint density at radius 1 is 0.955 bits per heavy atom. The van der Waals surface area contributed by atoms with Crippen molar-refractivity contribution in [3.8, 4) is 0 Å². The summed E-state index contributed by atoms with van der Waals surface area (Å²) in [7, 11) is 0. The number of rotatable bonds is 3. The molecule has 2 N–H and O–H groups in total. The lowest BCUT2D eigenvalue weighted by molar-refractivity contribution is 0.203. The van der Waals surface area contributed by atoms with E-state index in [4.69, 9.17) is 5.73 Å². The Balaban J connectivity index is 1.59. The lowest BCUT2D eigenvalue weighted by atomic mass is 9.93. The number of benzene rings is 2. The minimum atomic E-state index is 0.563. The third-order valence-electron chi connectivity index (χ3n) is 5.05. The number of nitrogen functional groups attached to an aromatic ring is 1. The van der Waals surface area contributed by atoms with E-state index in [0.29, 0.717) is 12.1 Å². The molecule has 0 radical (unpaired) electrons. The molecular weight excluding hydrogens is 268 g/mol. The molecule has 22 heavy (non-hydrogen) atoms. The maximum absolute atomic E-state index is 6.17. The molecule has 2 heteroatoms. The molecule has 1 saturated heterocycles. The largest absolute Gasteiger partial charge is 0.398 e. The minimum absolute atomic E-state index is 0.563. The molecule has 2 heterocycles. The molecule has 0 saturated carbocycles. The summed E-state index contributed by atoms with van der Waals surface area (Å²) in [5, 5.41) is 0. The van der Waals surface area contributed by atoms with Crippen molar-refractivity contribution < 1.29 is 0 Å². The first kappa shape index (κ1) is 13.6. The van der Waals surface area contributed by atoms with Crippen LogP contribution in [0.4, 0.5) is 5.69 Å². The van der Waals surface area contributed by atoms with E-state index in [-0.39, 0.29) is 0 Å². The van der Waals surface area contributed by atoms with Crippen molar-refractivity contribution in [3.63, 3.8) is 0 Å². The van der Waals surface area contributed by atoms with E-state index in [1.165, 1.54) is 29.5 Å². The second-order valence-electron chi connectivity index (χ2n) is 6.44. The van der Waals surface area contributed by atoms with Gasteiger partial charge in [0.05, 0.1) is 0 Å². The third kappa shape index (κ3) is 2.44. The molecular formula is C20H22N2. The monoisotopic (exact) mass is 290 g/mol. The van der Waals surface area contributed by atoms with Gasteiger partial charge in [0.15, 0.2) is 0 Å². The topological polar surface area (TPSA) is 29.3 Å². The van der Waals surface area contributed by atoms with Gasteiger partial charge < -0.3 is 5.73 Å². The Morgan fingerprint density at radius 3 is 2.50 bits per heavy atom. The Hall–Kier alpha value is -2.06. The highest BCUT2D eigenvalue weighted by molar-refractivity contribution is 5.76. The van der Waals surface area contributed by atoms with Crippen molar-refractivity contribution in [2.75, 3.05) is 5.73 Å². The first-order valence-electron chi connectivity index (χ1n) is 8.16.